The first-order chi connectivity index (χ1) is 17.8. The molecule has 0 bridgehead atoms. The molecule has 2 aliphatic rings. The lowest BCUT2D eigenvalue weighted by atomic mass is 9.94. The van der Waals surface area contributed by atoms with Crippen molar-refractivity contribution in [3.05, 3.63) is 65.5 Å². The number of H-pyrrole nitrogens is 1. The molecule has 0 unspecified atom stereocenters. The second kappa shape index (κ2) is 8.97. The number of aromatic nitrogens is 3. The fourth-order valence-electron chi connectivity index (χ4n) is 5.17. The van der Waals surface area contributed by atoms with Crippen LogP contribution in [0.15, 0.2) is 48.8 Å². The highest BCUT2D eigenvalue weighted by Gasteiger charge is 2.42. The van der Waals surface area contributed by atoms with Gasteiger partial charge in [-0.05, 0) is 54.7 Å². The van der Waals surface area contributed by atoms with E-state index < -0.39 is 5.60 Å². The highest BCUT2D eigenvalue weighted by atomic mass is 16.5. The molecule has 0 radical (unpaired) electrons. The summed E-state index contributed by atoms with van der Waals surface area (Å²) in [4.78, 5) is 29.0. The van der Waals surface area contributed by atoms with Crippen molar-refractivity contribution in [2.24, 2.45) is 0 Å². The number of hydrogen-bond donors (Lipinski definition) is 2. The van der Waals surface area contributed by atoms with E-state index in [-0.39, 0.29) is 5.91 Å². The van der Waals surface area contributed by atoms with Crippen molar-refractivity contribution in [1.82, 2.24) is 24.8 Å². The van der Waals surface area contributed by atoms with E-state index in [1.807, 2.05) is 36.5 Å². The molecule has 0 saturated heterocycles. The number of methoxy groups -OCH3 is 1. The molecule has 1 aliphatic heterocycles. The Kier molecular flexibility index (Phi) is 5.73. The number of nitrogens with zero attached hydrogens (tertiary/aromatic N) is 4. The van der Waals surface area contributed by atoms with Crippen LogP contribution in [0.25, 0.3) is 33.5 Å². The Morgan fingerprint density at radius 3 is 2.68 bits per heavy atom. The molecule has 8 nitrogen and oxygen atoms in total. The molecule has 0 spiro atoms. The second-order valence-corrected chi connectivity index (χ2v) is 10.4. The first-order valence-electron chi connectivity index (χ1n) is 12.6. The molecule has 0 atom stereocenters. The zero-order chi connectivity index (χ0) is 25.7. The summed E-state index contributed by atoms with van der Waals surface area (Å²) in [7, 11) is 5.20. The Bertz CT molecular complexity index is 1470. The average Bonchev–Trinajstić information content (AvgIpc) is 3.48. The highest BCUT2D eigenvalue weighted by Crippen LogP contribution is 2.39. The molecule has 190 valence electrons. The summed E-state index contributed by atoms with van der Waals surface area (Å²) >= 11 is 0. The molecule has 6 rings (SSSR count). The van der Waals surface area contributed by atoms with E-state index in [1.54, 1.807) is 32.3 Å². The number of benzene rings is 2. The zero-order valence-electron chi connectivity index (χ0n) is 21.4. The maximum Gasteiger partial charge on any atom is 0.253 e. The lowest BCUT2D eigenvalue weighted by Gasteiger charge is -2.31. The first-order valence-corrected chi connectivity index (χ1v) is 12.6. The lowest BCUT2D eigenvalue weighted by Crippen LogP contribution is -2.37. The van der Waals surface area contributed by atoms with Crippen molar-refractivity contribution in [3.63, 3.8) is 0 Å². The molecular weight excluding hydrogens is 466 g/mol. The molecule has 3 heterocycles. The summed E-state index contributed by atoms with van der Waals surface area (Å²) in [6.07, 6.45) is 6.40. The van der Waals surface area contributed by atoms with E-state index in [4.69, 9.17) is 9.72 Å². The molecule has 2 aromatic carbocycles. The van der Waals surface area contributed by atoms with E-state index in [9.17, 15) is 9.90 Å². The lowest BCUT2D eigenvalue weighted by molar-refractivity contribution is 0.0826. The van der Waals surface area contributed by atoms with Gasteiger partial charge >= 0.3 is 0 Å². The van der Waals surface area contributed by atoms with E-state index in [0.29, 0.717) is 11.2 Å². The largest absolute Gasteiger partial charge is 0.496 e. The Morgan fingerprint density at radius 1 is 1.19 bits per heavy atom. The summed E-state index contributed by atoms with van der Waals surface area (Å²) in [6, 6.07) is 11.8. The second-order valence-electron chi connectivity index (χ2n) is 10.4. The number of fused-ring (bicyclic) bond motifs is 2. The van der Waals surface area contributed by atoms with Crippen LogP contribution in [0.2, 0.25) is 0 Å². The number of aromatic amines is 1. The van der Waals surface area contributed by atoms with E-state index in [2.05, 4.69) is 20.9 Å². The third kappa shape index (κ3) is 4.47. The zero-order valence-corrected chi connectivity index (χ0v) is 21.4. The maximum absolute atomic E-state index is 12.3. The molecule has 1 fully saturated rings. The fourth-order valence-corrected chi connectivity index (χ4v) is 5.17. The van der Waals surface area contributed by atoms with Crippen LogP contribution >= 0.6 is 0 Å². The fraction of sp³-hybridized carbons (Fsp3) is 0.345. The normalized spacial score (nSPS) is 16.4. The standard InChI is InChI=1S/C29H31N5O3/c1-33(2)28(35)19-6-4-18(5-7-19)22-14-30-27-26(22)32-24(15-31-27)21-12-20-8-11-34(17-29(36)9-10-29)16-23(20)25(13-21)37-3/h4-7,12-15,36H,8-11,16-17H2,1-3H3,(H,30,31). The third-order valence-corrected chi connectivity index (χ3v) is 7.47. The summed E-state index contributed by atoms with van der Waals surface area (Å²) in [5.41, 5.74) is 7.74. The maximum atomic E-state index is 12.3. The van der Waals surface area contributed by atoms with Crippen LogP contribution in [0.1, 0.15) is 34.3 Å². The highest BCUT2D eigenvalue weighted by molar-refractivity contribution is 5.96. The van der Waals surface area contributed by atoms with E-state index in [1.165, 1.54) is 11.1 Å². The number of nitrogens with one attached hydrogen (secondary N) is 1. The molecule has 1 amide bonds. The van der Waals surface area contributed by atoms with Crippen LogP contribution in [-0.4, -0.2) is 75.7 Å². The number of carbonyl (C=O) groups is 1. The summed E-state index contributed by atoms with van der Waals surface area (Å²) < 4.78 is 5.81. The molecule has 8 heteroatoms. The van der Waals surface area contributed by atoms with Gasteiger partial charge in [-0.15, -0.1) is 0 Å². The topological polar surface area (TPSA) is 94.6 Å². The number of hydrogen-bond acceptors (Lipinski definition) is 6. The van der Waals surface area contributed by atoms with Crippen molar-refractivity contribution in [2.75, 3.05) is 34.3 Å². The number of rotatable bonds is 6. The third-order valence-electron chi connectivity index (χ3n) is 7.47. The van der Waals surface area contributed by atoms with E-state index >= 15 is 0 Å². The quantitative estimate of drug-likeness (QED) is 0.420. The predicted octanol–water partition coefficient (Wildman–Crippen LogP) is 3.89. The smallest absolute Gasteiger partial charge is 0.253 e. The van der Waals surface area contributed by atoms with Crippen LogP contribution in [0.4, 0.5) is 0 Å². The molecule has 1 saturated carbocycles. The van der Waals surface area contributed by atoms with Gasteiger partial charge in [-0.1, -0.05) is 12.1 Å². The van der Waals surface area contributed by atoms with Crippen LogP contribution in [0, 0.1) is 0 Å². The van der Waals surface area contributed by atoms with Crippen LogP contribution in [-0.2, 0) is 13.0 Å². The number of carbonyl (C=O) groups excluding carboxylic acids is 1. The minimum Gasteiger partial charge on any atom is -0.496 e. The van der Waals surface area contributed by atoms with Gasteiger partial charge in [-0.2, -0.15) is 0 Å². The SMILES string of the molecule is COc1cc(-c2cnc3[nH]cc(-c4ccc(C(=O)N(C)C)cc4)c3n2)cc2c1CN(CC1(O)CC1)CC2. The molecule has 2 N–H and O–H groups in total. The Balaban J connectivity index is 1.32. The van der Waals surface area contributed by atoms with Crippen LogP contribution in [0.3, 0.4) is 0 Å². The van der Waals surface area contributed by atoms with Gasteiger partial charge < -0.3 is 19.7 Å². The van der Waals surface area contributed by atoms with Gasteiger partial charge in [-0.25, -0.2) is 9.97 Å². The van der Waals surface area contributed by atoms with E-state index in [0.717, 1.165) is 72.5 Å². The predicted molar refractivity (Wildman–Crippen MR) is 142 cm³/mol. The van der Waals surface area contributed by atoms with Gasteiger partial charge in [0.1, 0.15) is 11.3 Å². The molecule has 1 aliphatic carbocycles. The van der Waals surface area contributed by atoms with Gasteiger partial charge in [0.2, 0.25) is 0 Å². The Morgan fingerprint density at radius 2 is 1.97 bits per heavy atom. The Hall–Kier alpha value is -3.75. The van der Waals surface area contributed by atoms with Gasteiger partial charge in [-0.3, -0.25) is 9.69 Å². The number of amides is 1. The van der Waals surface area contributed by atoms with Crippen LogP contribution < -0.4 is 4.74 Å². The summed E-state index contributed by atoms with van der Waals surface area (Å²) in [5, 5.41) is 10.4. The molecular formula is C29H31N5O3. The minimum atomic E-state index is -0.494. The monoisotopic (exact) mass is 497 g/mol. The molecule has 2 aromatic heterocycles. The van der Waals surface area contributed by atoms with Crippen LogP contribution in [0.5, 0.6) is 5.75 Å². The summed E-state index contributed by atoms with van der Waals surface area (Å²) in [5.74, 6) is 0.817. The number of ether oxygens (including phenoxy) is 1. The Labute approximate surface area is 215 Å². The van der Waals surface area contributed by atoms with Crippen molar-refractivity contribution in [3.8, 4) is 28.1 Å². The van der Waals surface area contributed by atoms with Crippen molar-refractivity contribution in [1.29, 1.82) is 0 Å². The van der Waals surface area contributed by atoms with Crippen molar-refractivity contribution in [2.45, 2.75) is 31.4 Å². The van der Waals surface area contributed by atoms with Gasteiger partial charge in [0, 0.05) is 62.2 Å². The molecule has 37 heavy (non-hydrogen) atoms. The minimum absolute atomic E-state index is 0.0274. The summed E-state index contributed by atoms with van der Waals surface area (Å²) in [6.45, 7) is 2.42. The van der Waals surface area contributed by atoms with Gasteiger partial charge in [0.05, 0.1) is 24.6 Å². The first kappa shape index (κ1) is 23.6. The number of β-amino-alcohol motifs (C(OH)–C–C–N with tert-alkyl or cyclic N) is 1. The average molecular weight is 498 g/mol. The molecule has 4 aromatic rings. The van der Waals surface area contributed by atoms with Crippen molar-refractivity contribution >= 4 is 17.1 Å². The number of aliphatic hydroxyl groups is 1. The van der Waals surface area contributed by atoms with Gasteiger partial charge in [0.25, 0.3) is 5.91 Å². The van der Waals surface area contributed by atoms with Crippen molar-refractivity contribution < 1.29 is 14.6 Å². The van der Waals surface area contributed by atoms with Gasteiger partial charge in [0.15, 0.2) is 5.65 Å².